The smallest absolute Gasteiger partial charge is 0.307 e. The van der Waals surface area contributed by atoms with Gasteiger partial charge in [0.05, 0.1) is 18.1 Å². The largest absolute Gasteiger partial charge is 0.481 e. The lowest BCUT2D eigenvalue weighted by Gasteiger charge is -2.23. The lowest BCUT2D eigenvalue weighted by atomic mass is 9.82. The first kappa shape index (κ1) is 16.0. The van der Waals surface area contributed by atoms with Crippen LogP contribution in [0.1, 0.15) is 12.8 Å². The molecule has 1 amide bonds. The number of fused-ring (bicyclic) bond motifs is 2. The molecule has 1 fully saturated rings. The van der Waals surface area contributed by atoms with Gasteiger partial charge in [0.2, 0.25) is 15.9 Å². The number of aliphatic carboxylic acids is 1. The van der Waals surface area contributed by atoms with Crippen LogP contribution in [0.15, 0.2) is 12.2 Å². The van der Waals surface area contributed by atoms with E-state index in [0.717, 1.165) is 12.7 Å². The molecule has 0 aromatic rings. The Bertz CT molecular complexity index is 557. The molecule has 118 valence electrons. The number of carbonyl (C=O) groups excluding carboxylic acids is 1. The molecule has 2 rings (SSSR count). The fraction of sp³-hybridized carbons (Fsp3) is 0.692. The van der Waals surface area contributed by atoms with Crippen LogP contribution >= 0.6 is 0 Å². The van der Waals surface area contributed by atoms with Crippen LogP contribution in [0.3, 0.4) is 0 Å². The number of carbonyl (C=O) groups is 2. The van der Waals surface area contributed by atoms with E-state index in [1.165, 1.54) is 0 Å². The Labute approximate surface area is 123 Å². The van der Waals surface area contributed by atoms with Crippen molar-refractivity contribution in [3.05, 3.63) is 12.2 Å². The molecule has 2 bridgehead atoms. The highest BCUT2D eigenvalue weighted by Gasteiger charge is 2.51. The summed E-state index contributed by atoms with van der Waals surface area (Å²) >= 11 is 0. The summed E-state index contributed by atoms with van der Waals surface area (Å²) in [7, 11) is -3.22. The Morgan fingerprint density at radius 3 is 2.38 bits per heavy atom. The Kier molecular flexibility index (Phi) is 4.67. The van der Waals surface area contributed by atoms with E-state index in [2.05, 4.69) is 10.0 Å². The number of hydrogen-bond donors (Lipinski definition) is 3. The number of carboxylic acids is 1. The van der Waals surface area contributed by atoms with E-state index in [0.29, 0.717) is 13.0 Å². The Balaban J connectivity index is 1.81. The molecule has 0 aliphatic heterocycles. The second-order valence-electron chi connectivity index (χ2n) is 5.65. The van der Waals surface area contributed by atoms with E-state index >= 15 is 0 Å². The molecule has 7 nitrogen and oxygen atoms in total. The third kappa shape index (κ3) is 3.82. The van der Waals surface area contributed by atoms with E-state index in [1.807, 2.05) is 12.2 Å². The maximum Gasteiger partial charge on any atom is 0.307 e. The second kappa shape index (κ2) is 6.15. The van der Waals surface area contributed by atoms with Crippen molar-refractivity contribution in [2.24, 2.45) is 23.7 Å². The zero-order valence-corrected chi connectivity index (χ0v) is 12.6. The molecule has 0 heterocycles. The van der Waals surface area contributed by atoms with Crippen LogP contribution < -0.4 is 10.0 Å². The summed E-state index contributed by atoms with van der Waals surface area (Å²) in [5, 5.41) is 12.0. The SMILES string of the molecule is CS(=O)(=O)NCCCNC(=O)[C@H]1C2C=CC(C2)[C@H]1C(=O)O. The average molecular weight is 316 g/mol. The van der Waals surface area contributed by atoms with Crippen LogP contribution in [0.25, 0.3) is 0 Å². The van der Waals surface area contributed by atoms with Gasteiger partial charge in [-0.15, -0.1) is 0 Å². The van der Waals surface area contributed by atoms with Gasteiger partial charge >= 0.3 is 5.97 Å². The van der Waals surface area contributed by atoms with E-state index in [-0.39, 0.29) is 24.3 Å². The maximum atomic E-state index is 12.2. The van der Waals surface area contributed by atoms with Crippen LogP contribution in [0.4, 0.5) is 0 Å². The third-order valence-corrected chi connectivity index (χ3v) is 4.79. The van der Waals surface area contributed by atoms with Crippen molar-refractivity contribution in [2.75, 3.05) is 19.3 Å². The highest BCUT2D eigenvalue weighted by molar-refractivity contribution is 7.88. The van der Waals surface area contributed by atoms with Crippen LogP contribution in [-0.4, -0.2) is 44.7 Å². The van der Waals surface area contributed by atoms with Gasteiger partial charge in [0.1, 0.15) is 0 Å². The van der Waals surface area contributed by atoms with Crippen molar-refractivity contribution < 1.29 is 23.1 Å². The number of carboxylic acid groups (broad SMARTS) is 1. The van der Waals surface area contributed by atoms with Crippen LogP contribution in [0, 0.1) is 23.7 Å². The van der Waals surface area contributed by atoms with Gasteiger partial charge in [0.15, 0.2) is 0 Å². The fourth-order valence-electron chi connectivity index (χ4n) is 3.19. The first-order chi connectivity index (χ1) is 9.79. The zero-order valence-electron chi connectivity index (χ0n) is 11.8. The molecule has 1 saturated carbocycles. The topological polar surface area (TPSA) is 113 Å². The van der Waals surface area contributed by atoms with Crippen molar-refractivity contribution in [1.82, 2.24) is 10.0 Å². The monoisotopic (exact) mass is 316 g/mol. The molecule has 2 aliphatic rings. The second-order valence-corrected chi connectivity index (χ2v) is 7.48. The van der Waals surface area contributed by atoms with Crippen molar-refractivity contribution in [3.8, 4) is 0 Å². The quantitative estimate of drug-likeness (QED) is 0.435. The fourth-order valence-corrected chi connectivity index (χ4v) is 3.71. The molecule has 8 heteroatoms. The van der Waals surface area contributed by atoms with Crippen molar-refractivity contribution in [3.63, 3.8) is 0 Å². The molecule has 0 aromatic carbocycles. The molecule has 0 radical (unpaired) electrons. The summed E-state index contributed by atoms with van der Waals surface area (Å²) < 4.78 is 24.1. The standard InChI is InChI=1S/C13H20N2O5S/c1-21(19,20)15-6-2-5-14-12(16)10-8-3-4-9(7-8)11(10)13(17)18/h3-4,8-11,15H,2,5-7H2,1H3,(H,14,16)(H,17,18)/t8?,9?,10-,11+/m0/s1. The number of hydrogen-bond acceptors (Lipinski definition) is 4. The number of sulfonamides is 1. The normalized spacial score (nSPS) is 30.5. The Morgan fingerprint density at radius 2 is 1.81 bits per heavy atom. The summed E-state index contributed by atoms with van der Waals surface area (Å²) in [5.41, 5.74) is 0. The lowest BCUT2D eigenvalue weighted by molar-refractivity contribution is -0.147. The minimum absolute atomic E-state index is 0.00486. The van der Waals surface area contributed by atoms with E-state index in [4.69, 9.17) is 0 Å². The van der Waals surface area contributed by atoms with Gasteiger partial charge in [-0.25, -0.2) is 13.1 Å². The summed E-state index contributed by atoms with van der Waals surface area (Å²) in [6.45, 7) is 0.573. The lowest BCUT2D eigenvalue weighted by Crippen LogP contribution is -2.41. The van der Waals surface area contributed by atoms with E-state index in [1.54, 1.807) is 0 Å². The molecule has 21 heavy (non-hydrogen) atoms. The molecule has 2 aliphatic carbocycles. The molecule has 0 aromatic heterocycles. The summed E-state index contributed by atoms with van der Waals surface area (Å²) in [6.07, 6.45) is 6.09. The highest BCUT2D eigenvalue weighted by Crippen LogP contribution is 2.48. The minimum atomic E-state index is -3.22. The third-order valence-electron chi connectivity index (χ3n) is 4.06. The van der Waals surface area contributed by atoms with Gasteiger partial charge in [-0.3, -0.25) is 9.59 Å². The first-order valence-corrected chi connectivity index (χ1v) is 8.82. The molecule has 0 spiro atoms. The molecule has 2 unspecified atom stereocenters. The van der Waals surface area contributed by atoms with Gasteiger partial charge in [-0.1, -0.05) is 12.2 Å². The van der Waals surface area contributed by atoms with Gasteiger partial charge in [0.25, 0.3) is 0 Å². The summed E-state index contributed by atoms with van der Waals surface area (Å²) in [4.78, 5) is 23.5. The van der Waals surface area contributed by atoms with E-state index in [9.17, 15) is 23.1 Å². The van der Waals surface area contributed by atoms with Gasteiger partial charge in [-0.2, -0.15) is 0 Å². The molecule has 4 atom stereocenters. The Morgan fingerprint density at radius 1 is 1.19 bits per heavy atom. The summed E-state index contributed by atoms with van der Waals surface area (Å²) in [5.74, 6) is -2.38. The van der Waals surface area contributed by atoms with Gasteiger partial charge in [0, 0.05) is 13.1 Å². The average Bonchev–Trinajstić information content (AvgIpc) is 2.96. The highest BCUT2D eigenvalue weighted by atomic mass is 32.2. The number of allylic oxidation sites excluding steroid dienone is 2. The van der Waals surface area contributed by atoms with Gasteiger partial charge in [-0.05, 0) is 24.7 Å². The molecule has 0 saturated heterocycles. The Hall–Kier alpha value is -1.41. The van der Waals surface area contributed by atoms with Gasteiger partial charge < -0.3 is 10.4 Å². The number of rotatable bonds is 7. The maximum absolute atomic E-state index is 12.2. The first-order valence-electron chi connectivity index (χ1n) is 6.93. The molecular weight excluding hydrogens is 296 g/mol. The predicted molar refractivity (Wildman–Crippen MR) is 75.8 cm³/mol. The number of nitrogens with one attached hydrogen (secondary N) is 2. The van der Waals surface area contributed by atoms with Crippen LogP contribution in [-0.2, 0) is 19.6 Å². The molecular formula is C13H20N2O5S. The van der Waals surface area contributed by atoms with Crippen molar-refractivity contribution in [1.29, 1.82) is 0 Å². The number of amides is 1. The zero-order chi connectivity index (χ0) is 15.6. The van der Waals surface area contributed by atoms with E-state index < -0.39 is 27.8 Å². The minimum Gasteiger partial charge on any atom is -0.481 e. The van der Waals surface area contributed by atoms with Crippen LogP contribution in [0.2, 0.25) is 0 Å². The molecule has 3 N–H and O–H groups in total. The summed E-state index contributed by atoms with van der Waals surface area (Å²) in [6, 6.07) is 0. The van der Waals surface area contributed by atoms with Crippen LogP contribution in [0.5, 0.6) is 0 Å². The predicted octanol–water partition coefficient (Wildman–Crippen LogP) is -0.435. The van der Waals surface area contributed by atoms with Crippen molar-refractivity contribution >= 4 is 21.9 Å². The van der Waals surface area contributed by atoms with Crippen molar-refractivity contribution in [2.45, 2.75) is 12.8 Å².